The molecular weight excluding hydrogens is 435 g/mol. The van der Waals surface area contributed by atoms with E-state index in [9.17, 15) is 13.2 Å². The average Bonchev–Trinajstić information content (AvgIpc) is 3.17. The van der Waals surface area contributed by atoms with Crippen LogP contribution in [-0.4, -0.2) is 63.0 Å². The molecule has 3 aromatic rings. The number of fused-ring (bicyclic) bond motifs is 1. The van der Waals surface area contributed by atoms with Gasteiger partial charge in [0, 0.05) is 38.8 Å². The number of anilines is 3. The number of piperazine rings is 1. The summed E-state index contributed by atoms with van der Waals surface area (Å²) >= 11 is 0. The molecule has 0 amide bonds. The van der Waals surface area contributed by atoms with Crippen molar-refractivity contribution in [2.75, 3.05) is 42.1 Å². The molecule has 4 rings (SSSR count). The molecule has 9 nitrogen and oxygen atoms in total. The Kier molecular flexibility index (Phi) is 6.54. The number of alkyl halides is 3. The van der Waals surface area contributed by atoms with Crippen LogP contribution in [0.15, 0.2) is 18.5 Å². The SMILES string of the molecule is CCC[C@@H](Nc1nc(N)c2ncc(Cc3cnc(N4CCNCC4)c(C)c3)n2n1)C(F)(F)F. The van der Waals surface area contributed by atoms with E-state index in [0.717, 1.165) is 43.1 Å². The van der Waals surface area contributed by atoms with E-state index in [2.05, 4.69) is 41.7 Å². The van der Waals surface area contributed by atoms with Crippen LogP contribution < -0.4 is 21.3 Å². The van der Waals surface area contributed by atoms with E-state index in [1.807, 2.05) is 13.1 Å². The van der Waals surface area contributed by atoms with Crippen LogP contribution >= 0.6 is 0 Å². The zero-order valence-electron chi connectivity index (χ0n) is 18.7. The Morgan fingerprint density at radius 3 is 2.64 bits per heavy atom. The monoisotopic (exact) mass is 463 g/mol. The first kappa shape index (κ1) is 23.0. The summed E-state index contributed by atoms with van der Waals surface area (Å²) in [5.74, 6) is 0.795. The number of nitrogens with one attached hydrogen (secondary N) is 2. The number of pyridine rings is 1. The number of halogens is 3. The Morgan fingerprint density at radius 2 is 1.97 bits per heavy atom. The largest absolute Gasteiger partial charge is 0.408 e. The fourth-order valence-corrected chi connectivity index (χ4v) is 4.03. The van der Waals surface area contributed by atoms with Gasteiger partial charge < -0.3 is 21.3 Å². The van der Waals surface area contributed by atoms with Crippen LogP contribution in [0.2, 0.25) is 0 Å². The van der Waals surface area contributed by atoms with Crippen LogP contribution in [0.4, 0.5) is 30.8 Å². The Hall–Kier alpha value is -3.15. The second-order valence-corrected chi connectivity index (χ2v) is 8.23. The van der Waals surface area contributed by atoms with Crippen LogP contribution in [-0.2, 0) is 6.42 Å². The summed E-state index contributed by atoms with van der Waals surface area (Å²) < 4.78 is 41.5. The molecule has 0 radical (unpaired) electrons. The Bertz CT molecular complexity index is 1110. The molecule has 0 saturated carbocycles. The summed E-state index contributed by atoms with van der Waals surface area (Å²) in [5, 5.41) is 9.97. The molecule has 33 heavy (non-hydrogen) atoms. The quantitative estimate of drug-likeness (QED) is 0.491. The summed E-state index contributed by atoms with van der Waals surface area (Å²) in [5.41, 5.74) is 8.96. The van der Waals surface area contributed by atoms with Crippen molar-refractivity contribution >= 4 is 23.2 Å². The lowest BCUT2D eigenvalue weighted by Crippen LogP contribution is -2.44. The Labute approximate surface area is 189 Å². The maximum atomic E-state index is 13.3. The third-order valence-electron chi connectivity index (χ3n) is 5.64. The fourth-order valence-electron chi connectivity index (χ4n) is 4.03. The van der Waals surface area contributed by atoms with Gasteiger partial charge in [-0.25, -0.2) is 14.5 Å². The van der Waals surface area contributed by atoms with Crippen molar-refractivity contribution in [1.82, 2.24) is 29.9 Å². The summed E-state index contributed by atoms with van der Waals surface area (Å²) in [4.78, 5) is 15.2. The number of nitrogens with zero attached hydrogens (tertiary/aromatic N) is 6. The maximum Gasteiger partial charge on any atom is 0.408 e. The normalized spacial score (nSPS) is 15.7. The van der Waals surface area contributed by atoms with Gasteiger partial charge in [0.1, 0.15) is 11.9 Å². The van der Waals surface area contributed by atoms with Gasteiger partial charge >= 0.3 is 6.18 Å². The molecule has 0 aromatic carbocycles. The van der Waals surface area contributed by atoms with E-state index in [4.69, 9.17) is 5.73 Å². The van der Waals surface area contributed by atoms with Gasteiger partial charge in [-0.05, 0) is 24.5 Å². The molecule has 4 heterocycles. The van der Waals surface area contributed by atoms with Gasteiger partial charge in [-0.3, -0.25) is 0 Å². The Balaban J connectivity index is 1.59. The van der Waals surface area contributed by atoms with Crippen molar-refractivity contribution in [2.24, 2.45) is 0 Å². The minimum atomic E-state index is -4.42. The maximum absolute atomic E-state index is 13.3. The number of imidazole rings is 1. The number of hydrogen-bond donors (Lipinski definition) is 3. The number of aryl methyl sites for hydroxylation is 1. The van der Waals surface area contributed by atoms with Crippen molar-refractivity contribution in [1.29, 1.82) is 0 Å². The van der Waals surface area contributed by atoms with Gasteiger partial charge in [0.15, 0.2) is 11.5 Å². The zero-order valence-corrected chi connectivity index (χ0v) is 18.7. The van der Waals surface area contributed by atoms with E-state index in [0.29, 0.717) is 24.2 Å². The Morgan fingerprint density at radius 1 is 1.21 bits per heavy atom. The first-order valence-corrected chi connectivity index (χ1v) is 11.0. The molecule has 0 spiro atoms. The molecule has 1 aliphatic heterocycles. The van der Waals surface area contributed by atoms with E-state index in [1.54, 1.807) is 13.1 Å². The van der Waals surface area contributed by atoms with E-state index < -0.39 is 12.2 Å². The van der Waals surface area contributed by atoms with Gasteiger partial charge in [-0.2, -0.15) is 18.2 Å². The molecule has 1 aliphatic rings. The highest BCUT2D eigenvalue weighted by Crippen LogP contribution is 2.27. The van der Waals surface area contributed by atoms with Gasteiger partial charge in [-0.15, -0.1) is 5.10 Å². The van der Waals surface area contributed by atoms with Gasteiger partial charge in [0.05, 0.1) is 11.9 Å². The second kappa shape index (κ2) is 9.38. The minimum Gasteiger partial charge on any atom is -0.380 e. The lowest BCUT2D eigenvalue weighted by atomic mass is 10.1. The third-order valence-corrected chi connectivity index (χ3v) is 5.64. The van der Waals surface area contributed by atoms with Crippen molar-refractivity contribution in [3.63, 3.8) is 0 Å². The van der Waals surface area contributed by atoms with Crippen LogP contribution in [0.3, 0.4) is 0 Å². The van der Waals surface area contributed by atoms with Gasteiger partial charge in [0.2, 0.25) is 5.95 Å². The average molecular weight is 464 g/mol. The molecular formula is C21H28F3N9. The van der Waals surface area contributed by atoms with Crippen LogP contribution in [0.1, 0.15) is 36.6 Å². The van der Waals surface area contributed by atoms with E-state index >= 15 is 0 Å². The molecule has 178 valence electrons. The third kappa shape index (κ3) is 5.10. The van der Waals surface area contributed by atoms with Crippen molar-refractivity contribution < 1.29 is 13.2 Å². The van der Waals surface area contributed by atoms with E-state index in [1.165, 1.54) is 4.52 Å². The van der Waals surface area contributed by atoms with Gasteiger partial charge in [0.25, 0.3) is 0 Å². The summed E-state index contributed by atoms with van der Waals surface area (Å²) in [6, 6.07) is 0.310. The zero-order chi connectivity index (χ0) is 23.6. The number of nitrogens with two attached hydrogens (primary N) is 1. The summed E-state index contributed by atoms with van der Waals surface area (Å²) in [6.45, 7) is 7.38. The predicted molar refractivity (Wildman–Crippen MR) is 120 cm³/mol. The number of hydrogen-bond acceptors (Lipinski definition) is 8. The molecule has 0 unspecified atom stereocenters. The molecule has 3 aromatic heterocycles. The number of aromatic nitrogens is 5. The molecule has 1 fully saturated rings. The van der Waals surface area contributed by atoms with Crippen molar-refractivity contribution in [2.45, 2.75) is 45.3 Å². The first-order chi connectivity index (χ1) is 15.8. The lowest BCUT2D eigenvalue weighted by molar-refractivity contribution is -0.143. The molecule has 12 heteroatoms. The van der Waals surface area contributed by atoms with E-state index in [-0.39, 0.29) is 18.2 Å². The van der Waals surface area contributed by atoms with Gasteiger partial charge in [-0.1, -0.05) is 19.4 Å². The fraction of sp³-hybridized carbons (Fsp3) is 0.524. The van der Waals surface area contributed by atoms with Crippen LogP contribution in [0.5, 0.6) is 0 Å². The van der Waals surface area contributed by atoms with Crippen LogP contribution in [0.25, 0.3) is 5.65 Å². The van der Waals surface area contributed by atoms with Crippen molar-refractivity contribution in [3.8, 4) is 0 Å². The number of rotatable bonds is 7. The summed E-state index contributed by atoms with van der Waals surface area (Å²) in [7, 11) is 0. The highest BCUT2D eigenvalue weighted by molar-refractivity contribution is 5.61. The molecule has 1 atom stereocenters. The first-order valence-electron chi connectivity index (χ1n) is 11.0. The molecule has 4 N–H and O–H groups in total. The van der Waals surface area contributed by atoms with Crippen molar-refractivity contribution in [3.05, 3.63) is 35.3 Å². The highest BCUT2D eigenvalue weighted by atomic mass is 19.4. The smallest absolute Gasteiger partial charge is 0.380 e. The number of nitrogen functional groups attached to an aromatic ring is 1. The lowest BCUT2D eigenvalue weighted by Gasteiger charge is -2.29. The standard InChI is InChI=1S/C21H28F3N9/c1-3-4-16(21(22,23)24)29-20-30-17(25)19-28-12-15(33(19)31-20)10-14-9-13(2)18(27-11-14)32-7-5-26-6-8-32/h9,11-12,16,26H,3-8,10H2,1-2H3,(H3,25,29,30,31)/t16-/m1/s1. The van der Waals surface area contributed by atoms with Crippen LogP contribution in [0, 0.1) is 6.92 Å². The minimum absolute atomic E-state index is 0.0135. The predicted octanol–water partition coefficient (Wildman–Crippen LogP) is 2.55. The molecule has 1 saturated heterocycles. The second-order valence-electron chi connectivity index (χ2n) is 8.23. The highest BCUT2D eigenvalue weighted by Gasteiger charge is 2.39. The molecule has 0 aliphatic carbocycles. The summed E-state index contributed by atoms with van der Waals surface area (Å²) in [6.07, 6.45) is -0.278. The topological polar surface area (TPSA) is 109 Å². The molecule has 0 bridgehead atoms.